The molecule has 0 fully saturated rings. The van der Waals surface area contributed by atoms with Crippen molar-refractivity contribution in [2.45, 2.75) is 0 Å². The number of aromatic nitrogens is 1. The van der Waals surface area contributed by atoms with E-state index in [1.165, 1.54) is 0 Å². The van der Waals surface area contributed by atoms with Gasteiger partial charge >= 0.3 is 0 Å². The highest BCUT2D eigenvalue weighted by Crippen LogP contribution is 2.39. The Hall–Kier alpha value is -3.39. The lowest BCUT2D eigenvalue weighted by Gasteiger charge is -2.02. The smallest absolute Gasteiger partial charge is 0.143 e. The molecule has 0 aliphatic rings. The highest BCUT2D eigenvalue weighted by molar-refractivity contribution is 6.12. The summed E-state index contributed by atoms with van der Waals surface area (Å²) in [5.74, 6) is 0. The van der Waals surface area contributed by atoms with Crippen LogP contribution in [-0.2, 0) is 0 Å². The number of fused-ring (bicyclic) bond motifs is 3. The highest BCUT2D eigenvalue weighted by atomic mass is 16.3. The minimum Gasteiger partial charge on any atom is -0.455 e. The standard InChI is InChI=1S/C23H15NO/c1-2-7-16(8-3-1)18-10-4-12-20-21-13-5-11-19(23(21)25-22(18)20)17-9-6-14-24-15-17/h1-15H. The largest absolute Gasteiger partial charge is 0.455 e. The Labute approximate surface area is 145 Å². The van der Waals surface area contributed by atoms with Gasteiger partial charge in [0.15, 0.2) is 0 Å². The van der Waals surface area contributed by atoms with E-state index in [4.69, 9.17) is 4.42 Å². The van der Waals surface area contributed by atoms with Gasteiger partial charge in [0.25, 0.3) is 0 Å². The van der Waals surface area contributed by atoms with Crippen molar-refractivity contribution in [2.24, 2.45) is 0 Å². The third-order valence-corrected chi connectivity index (χ3v) is 4.58. The van der Waals surface area contributed by atoms with E-state index in [-0.39, 0.29) is 0 Å². The summed E-state index contributed by atoms with van der Waals surface area (Å²) in [5.41, 5.74) is 6.25. The quantitative estimate of drug-likeness (QED) is 0.380. The first-order valence-electron chi connectivity index (χ1n) is 8.32. The number of nitrogens with zero attached hydrogens (tertiary/aromatic N) is 1. The fourth-order valence-electron chi connectivity index (χ4n) is 3.41. The van der Waals surface area contributed by atoms with Gasteiger partial charge in [-0.1, -0.05) is 72.8 Å². The molecule has 2 heteroatoms. The molecular formula is C23H15NO. The summed E-state index contributed by atoms with van der Waals surface area (Å²) < 4.78 is 6.40. The minimum atomic E-state index is 0.911. The molecule has 0 atom stereocenters. The van der Waals surface area contributed by atoms with Gasteiger partial charge in [0.1, 0.15) is 11.2 Å². The summed E-state index contributed by atoms with van der Waals surface area (Å²) in [6, 6.07) is 27.0. The second-order valence-electron chi connectivity index (χ2n) is 6.07. The van der Waals surface area contributed by atoms with Gasteiger partial charge < -0.3 is 4.42 Å². The first-order chi connectivity index (χ1) is 12.4. The second kappa shape index (κ2) is 5.60. The third-order valence-electron chi connectivity index (χ3n) is 4.58. The number of hydrogen-bond donors (Lipinski definition) is 0. The van der Waals surface area contributed by atoms with Gasteiger partial charge in [-0.2, -0.15) is 0 Å². The maximum absolute atomic E-state index is 6.40. The summed E-state index contributed by atoms with van der Waals surface area (Å²) in [6.07, 6.45) is 3.66. The molecule has 0 unspecified atom stereocenters. The van der Waals surface area contributed by atoms with Crippen LogP contribution in [0.4, 0.5) is 0 Å². The molecule has 3 aromatic carbocycles. The summed E-state index contributed by atoms with van der Waals surface area (Å²) >= 11 is 0. The van der Waals surface area contributed by atoms with Gasteiger partial charge in [-0.05, 0) is 11.6 Å². The van der Waals surface area contributed by atoms with Gasteiger partial charge in [0, 0.05) is 39.9 Å². The van der Waals surface area contributed by atoms with Crippen molar-refractivity contribution in [1.29, 1.82) is 0 Å². The van der Waals surface area contributed by atoms with Crippen molar-refractivity contribution in [1.82, 2.24) is 4.98 Å². The maximum Gasteiger partial charge on any atom is 0.143 e. The molecule has 5 aromatic rings. The number of hydrogen-bond acceptors (Lipinski definition) is 2. The van der Waals surface area contributed by atoms with Crippen LogP contribution in [0.5, 0.6) is 0 Å². The molecule has 118 valence electrons. The van der Waals surface area contributed by atoms with E-state index >= 15 is 0 Å². The fourth-order valence-corrected chi connectivity index (χ4v) is 3.41. The number of pyridine rings is 1. The molecule has 5 rings (SSSR count). The average Bonchev–Trinajstić information content (AvgIpc) is 3.08. The van der Waals surface area contributed by atoms with Gasteiger partial charge in [-0.25, -0.2) is 0 Å². The van der Waals surface area contributed by atoms with Crippen LogP contribution in [0.25, 0.3) is 44.2 Å². The predicted molar refractivity (Wildman–Crippen MR) is 102 cm³/mol. The molecule has 2 aromatic heterocycles. The molecule has 2 heterocycles. The molecular weight excluding hydrogens is 306 g/mol. The molecule has 0 saturated heterocycles. The summed E-state index contributed by atoms with van der Waals surface area (Å²) in [7, 11) is 0. The van der Waals surface area contributed by atoms with Gasteiger partial charge in [0.05, 0.1) is 0 Å². The Morgan fingerprint density at radius 2 is 1.20 bits per heavy atom. The topological polar surface area (TPSA) is 26.0 Å². The van der Waals surface area contributed by atoms with Gasteiger partial charge in [0.2, 0.25) is 0 Å². The van der Waals surface area contributed by atoms with Crippen LogP contribution in [0, 0.1) is 0 Å². The number of furan rings is 1. The maximum atomic E-state index is 6.40. The predicted octanol–water partition coefficient (Wildman–Crippen LogP) is 6.32. The van der Waals surface area contributed by atoms with E-state index in [0.717, 1.165) is 44.2 Å². The van der Waals surface area contributed by atoms with Crippen LogP contribution < -0.4 is 0 Å². The number of benzene rings is 3. The molecule has 0 radical (unpaired) electrons. The van der Waals surface area contributed by atoms with Crippen molar-refractivity contribution < 1.29 is 4.42 Å². The van der Waals surface area contributed by atoms with Crippen molar-refractivity contribution >= 4 is 21.9 Å². The first kappa shape index (κ1) is 14.0. The minimum absolute atomic E-state index is 0.911. The zero-order valence-electron chi connectivity index (χ0n) is 13.5. The molecule has 2 nitrogen and oxygen atoms in total. The first-order valence-corrected chi connectivity index (χ1v) is 8.32. The summed E-state index contributed by atoms with van der Waals surface area (Å²) in [4.78, 5) is 4.25. The van der Waals surface area contributed by atoms with Crippen molar-refractivity contribution in [3.05, 3.63) is 91.3 Å². The van der Waals surface area contributed by atoms with Crippen LogP contribution >= 0.6 is 0 Å². The summed E-state index contributed by atoms with van der Waals surface area (Å²) in [6.45, 7) is 0. The lowest BCUT2D eigenvalue weighted by molar-refractivity contribution is 0.671. The molecule has 0 saturated carbocycles. The van der Waals surface area contributed by atoms with Crippen LogP contribution in [0.15, 0.2) is 95.7 Å². The molecule has 25 heavy (non-hydrogen) atoms. The average molecular weight is 321 g/mol. The van der Waals surface area contributed by atoms with Crippen molar-refractivity contribution in [3.8, 4) is 22.3 Å². The van der Waals surface area contributed by atoms with Crippen molar-refractivity contribution in [2.75, 3.05) is 0 Å². The van der Waals surface area contributed by atoms with Crippen LogP contribution in [0.1, 0.15) is 0 Å². The highest BCUT2D eigenvalue weighted by Gasteiger charge is 2.15. The summed E-state index contributed by atoms with van der Waals surface area (Å²) in [5, 5.41) is 2.27. The van der Waals surface area contributed by atoms with E-state index in [9.17, 15) is 0 Å². The van der Waals surface area contributed by atoms with E-state index in [1.54, 1.807) is 6.20 Å². The van der Waals surface area contributed by atoms with Crippen LogP contribution in [-0.4, -0.2) is 4.98 Å². The Balaban J connectivity index is 1.85. The Bertz CT molecular complexity index is 1080. The van der Waals surface area contributed by atoms with E-state index in [1.807, 2.05) is 18.3 Å². The van der Waals surface area contributed by atoms with E-state index in [0.29, 0.717) is 0 Å². The monoisotopic (exact) mass is 321 g/mol. The van der Waals surface area contributed by atoms with Gasteiger partial charge in [-0.3, -0.25) is 4.98 Å². The molecule has 0 amide bonds. The SMILES string of the molecule is c1ccc(-c2cccc3c2oc2c(-c4cccnc4)cccc23)cc1. The molecule has 0 bridgehead atoms. The Morgan fingerprint density at radius 3 is 1.84 bits per heavy atom. The van der Waals surface area contributed by atoms with Crippen molar-refractivity contribution in [3.63, 3.8) is 0 Å². The zero-order valence-corrected chi connectivity index (χ0v) is 13.5. The third kappa shape index (κ3) is 2.23. The number of rotatable bonds is 2. The lowest BCUT2D eigenvalue weighted by Crippen LogP contribution is -1.79. The van der Waals surface area contributed by atoms with Crippen LogP contribution in [0.2, 0.25) is 0 Å². The second-order valence-corrected chi connectivity index (χ2v) is 6.07. The van der Waals surface area contributed by atoms with Gasteiger partial charge in [-0.15, -0.1) is 0 Å². The fraction of sp³-hybridized carbons (Fsp3) is 0. The van der Waals surface area contributed by atoms with E-state index in [2.05, 4.69) is 71.7 Å². The zero-order chi connectivity index (χ0) is 16.6. The molecule has 0 spiro atoms. The molecule has 0 N–H and O–H groups in total. The Morgan fingerprint density at radius 1 is 0.560 bits per heavy atom. The molecule has 0 aliphatic carbocycles. The number of para-hydroxylation sites is 2. The normalized spacial score (nSPS) is 11.2. The van der Waals surface area contributed by atoms with Crippen LogP contribution in [0.3, 0.4) is 0 Å². The lowest BCUT2D eigenvalue weighted by atomic mass is 10.0. The van der Waals surface area contributed by atoms with E-state index < -0.39 is 0 Å². The molecule has 0 aliphatic heterocycles. The Kier molecular flexibility index (Phi) is 3.14.